The van der Waals surface area contributed by atoms with Crippen LogP contribution in [0.2, 0.25) is 0 Å². The number of benzene rings is 1. The maximum atomic E-state index is 10.2. The highest BCUT2D eigenvalue weighted by Crippen LogP contribution is 2.41. The van der Waals surface area contributed by atoms with E-state index in [0.29, 0.717) is 23.9 Å². The van der Waals surface area contributed by atoms with E-state index in [0.717, 1.165) is 24.8 Å². The summed E-state index contributed by atoms with van der Waals surface area (Å²) >= 11 is 0. The minimum Gasteiger partial charge on any atom is -0.504 e. The van der Waals surface area contributed by atoms with E-state index in [1.165, 1.54) is 0 Å². The van der Waals surface area contributed by atoms with Crippen molar-refractivity contribution in [2.45, 2.75) is 51.2 Å². The van der Waals surface area contributed by atoms with Crippen LogP contribution >= 0.6 is 0 Å². The van der Waals surface area contributed by atoms with Gasteiger partial charge in [0.15, 0.2) is 11.5 Å². The molecule has 1 aliphatic rings. The molecular weight excluding hydrogens is 228 g/mol. The average Bonchev–Trinajstić information content (AvgIpc) is 3.15. The van der Waals surface area contributed by atoms with E-state index in [1.807, 2.05) is 12.1 Å². The van der Waals surface area contributed by atoms with Gasteiger partial charge >= 0.3 is 0 Å². The molecule has 1 saturated heterocycles. The molecule has 0 saturated carbocycles. The number of phenolic OH excluding ortho intramolecular Hbond substituents is 1. The topological polar surface area (TPSA) is 42.0 Å². The highest BCUT2D eigenvalue weighted by molar-refractivity contribution is 5.47. The van der Waals surface area contributed by atoms with Crippen molar-refractivity contribution in [1.29, 1.82) is 0 Å². The van der Waals surface area contributed by atoms with Crippen LogP contribution in [0.25, 0.3) is 0 Å². The molecule has 0 bridgehead atoms. The van der Waals surface area contributed by atoms with Crippen LogP contribution in [-0.2, 0) is 4.74 Å². The van der Waals surface area contributed by atoms with Gasteiger partial charge < -0.3 is 14.6 Å². The first-order valence-electron chi connectivity index (χ1n) is 6.72. The Labute approximate surface area is 109 Å². The summed E-state index contributed by atoms with van der Waals surface area (Å²) in [5, 5.41) is 10.2. The minimum atomic E-state index is 0.278. The second-order valence-corrected chi connectivity index (χ2v) is 4.86. The summed E-state index contributed by atoms with van der Waals surface area (Å²) in [4.78, 5) is 0. The van der Waals surface area contributed by atoms with Crippen LogP contribution in [0.3, 0.4) is 0 Å². The van der Waals surface area contributed by atoms with Gasteiger partial charge in [0.05, 0.1) is 19.3 Å². The predicted molar refractivity (Wildman–Crippen MR) is 71.3 cm³/mol. The van der Waals surface area contributed by atoms with Crippen LogP contribution in [0.1, 0.15) is 44.6 Å². The molecule has 1 aliphatic heterocycles. The first-order chi connectivity index (χ1) is 8.71. The molecule has 0 aromatic heterocycles. The van der Waals surface area contributed by atoms with E-state index >= 15 is 0 Å². The maximum absolute atomic E-state index is 10.2. The van der Waals surface area contributed by atoms with E-state index in [1.54, 1.807) is 13.2 Å². The number of ether oxygens (including phenoxy) is 2. The number of hydrogen-bond acceptors (Lipinski definition) is 3. The summed E-state index contributed by atoms with van der Waals surface area (Å²) in [5.74, 6) is 1.16. The van der Waals surface area contributed by atoms with Crippen LogP contribution in [0.4, 0.5) is 0 Å². The second-order valence-electron chi connectivity index (χ2n) is 4.86. The van der Waals surface area contributed by atoms with Crippen molar-refractivity contribution in [3.05, 3.63) is 23.8 Å². The minimum absolute atomic E-state index is 0.278. The largest absolute Gasteiger partial charge is 0.504 e. The molecule has 1 N–H and O–H groups in total. The number of hydrogen-bond donors (Lipinski definition) is 1. The average molecular weight is 250 g/mol. The Morgan fingerprint density at radius 1 is 1.33 bits per heavy atom. The third-order valence-corrected chi connectivity index (χ3v) is 3.79. The van der Waals surface area contributed by atoms with Crippen molar-refractivity contribution >= 4 is 0 Å². The lowest BCUT2D eigenvalue weighted by Gasteiger charge is -2.17. The number of epoxide rings is 1. The van der Waals surface area contributed by atoms with Gasteiger partial charge in [-0.05, 0) is 31.2 Å². The lowest BCUT2D eigenvalue weighted by molar-refractivity contribution is 0.343. The molecule has 100 valence electrons. The van der Waals surface area contributed by atoms with E-state index in [9.17, 15) is 5.11 Å². The number of phenols is 1. The molecule has 1 aromatic rings. The molecule has 3 heteroatoms. The zero-order chi connectivity index (χ0) is 13.1. The third-order valence-electron chi connectivity index (χ3n) is 3.79. The summed E-state index contributed by atoms with van der Waals surface area (Å²) in [7, 11) is 1.58. The molecule has 1 fully saturated rings. The van der Waals surface area contributed by atoms with Gasteiger partial charge in [-0.15, -0.1) is 0 Å². The zero-order valence-electron chi connectivity index (χ0n) is 11.3. The number of rotatable bonds is 6. The molecule has 1 aromatic carbocycles. The quantitative estimate of drug-likeness (QED) is 0.786. The molecule has 18 heavy (non-hydrogen) atoms. The van der Waals surface area contributed by atoms with E-state index in [2.05, 4.69) is 13.8 Å². The number of para-hydroxylation sites is 1. The van der Waals surface area contributed by atoms with Gasteiger partial charge in [0.2, 0.25) is 0 Å². The van der Waals surface area contributed by atoms with Gasteiger partial charge in [-0.25, -0.2) is 0 Å². The molecule has 0 radical (unpaired) electrons. The summed E-state index contributed by atoms with van der Waals surface area (Å²) < 4.78 is 10.8. The number of aromatic hydroxyl groups is 1. The van der Waals surface area contributed by atoms with Crippen molar-refractivity contribution in [2.75, 3.05) is 7.11 Å². The van der Waals surface area contributed by atoms with Crippen molar-refractivity contribution in [3.63, 3.8) is 0 Å². The smallest absolute Gasteiger partial charge is 0.161 e. The Balaban J connectivity index is 2.12. The third kappa shape index (κ3) is 2.61. The van der Waals surface area contributed by atoms with Crippen LogP contribution in [0, 0.1) is 0 Å². The van der Waals surface area contributed by atoms with Gasteiger partial charge in [0.1, 0.15) is 0 Å². The second kappa shape index (κ2) is 5.61. The molecule has 0 aliphatic carbocycles. The molecule has 0 amide bonds. The van der Waals surface area contributed by atoms with Gasteiger partial charge in [-0.3, -0.25) is 0 Å². The molecule has 3 atom stereocenters. The van der Waals surface area contributed by atoms with Gasteiger partial charge in [-0.2, -0.15) is 0 Å². The summed E-state index contributed by atoms with van der Waals surface area (Å²) in [6.07, 6.45) is 3.84. The Bertz CT molecular complexity index is 403. The first kappa shape index (κ1) is 13.2. The molecule has 3 nitrogen and oxygen atoms in total. The van der Waals surface area contributed by atoms with Crippen molar-refractivity contribution in [3.8, 4) is 11.5 Å². The molecule has 1 heterocycles. The zero-order valence-corrected chi connectivity index (χ0v) is 11.3. The highest BCUT2D eigenvalue weighted by Gasteiger charge is 2.38. The molecule has 0 spiro atoms. The van der Waals surface area contributed by atoms with Crippen molar-refractivity contribution < 1.29 is 14.6 Å². The summed E-state index contributed by atoms with van der Waals surface area (Å²) in [6, 6.07) is 5.70. The Hall–Kier alpha value is -1.22. The predicted octanol–water partition coefficient (Wildman–Crippen LogP) is 3.46. The Morgan fingerprint density at radius 2 is 2.11 bits per heavy atom. The van der Waals surface area contributed by atoms with E-state index < -0.39 is 0 Å². The van der Waals surface area contributed by atoms with Gasteiger partial charge in [0, 0.05) is 5.56 Å². The molecule has 3 unspecified atom stereocenters. The standard InChI is InChI=1S/C15H22O3/c1-4-10(9-14-12(5-2)18-14)11-7-6-8-13(17-3)15(11)16/h6-8,10,12,14,16H,4-5,9H2,1-3H3. The SMILES string of the molecule is CCC(CC1OC1CC)c1cccc(OC)c1O. The van der Waals surface area contributed by atoms with Crippen LogP contribution in [0.15, 0.2) is 18.2 Å². The van der Waals surface area contributed by atoms with Crippen molar-refractivity contribution in [2.24, 2.45) is 0 Å². The lowest BCUT2D eigenvalue weighted by Crippen LogP contribution is -2.04. The van der Waals surface area contributed by atoms with Crippen molar-refractivity contribution in [1.82, 2.24) is 0 Å². The lowest BCUT2D eigenvalue weighted by atomic mass is 9.90. The van der Waals surface area contributed by atoms with Crippen LogP contribution < -0.4 is 4.74 Å². The molecule has 2 rings (SSSR count). The fourth-order valence-electron chi connectivity index (χ4n) is 2.57. The first-order valence-corrected chi connectivity index (χ1v) is 6.72. The van der Waals surface area contributed by atoms with E-state index in [-0.39, 0.29) is 5.75 Å². The Morgan fingerprint density at radius 3 is 2.67 bits per heavy atom. The van der Waals surface area contributed by atoms with Crippen LogP contribution in [0.5, 0.6) is 11.5 Å². The monoisotopic (exact) mass is 250 g/mol. The highest BCUT2D eigenvalue weighted by atomic mass is 16.6. The maximum Gasteiger partial charge on any atom is 0.161 e. The fraction of sp³-hybridized carbons (Fsp3) is 0.600. The van der Waals surface area contributed by atoms with E-state index in [4.69, 9.17) is 9.47 Å². The summed E-state index contributed by atoms with van der Waals surface area (Å²) in [6.45, 7) is 4.29. The van der Waals surface area contributed by atoms with Gasteiger partial charge in [-0.1, -0.05) is 26.0 Å². The Kier molecular flexibility index (Phi) is 4.12. The number of methoxy groups -OCH3 is 1. The van der Waals surface area contributed by atoms with Gasteiger partial charge in [0.25, 0.3) is 0 Å². The fourth-order valence-corrected chi connectivity index (χ4v) is 2.57. The summed E-state index contributed by atoms with van der Waals surface area (Å²) in [5.41, 5.74) is 0.974. The van der Waals surface area contributed by atoms with Crippen LogP contribution in [-0.4, -0.2) is 24.4 Å². The normalized spacial score (nSPS) is 23.7. The molecular formula is C15H22O3.